The van der Waals surface area contributed by atoms with Gasteiger partial charge >= 0.3 is 0 Å². The molecular formula is C7H9ClN4. The molecule has 2 aromatic heterocycles. The Kier molecular flexibility index (Phi) is 2.62. The summed E-state index contributed by atoms with van der Waals surface area (Å²) in [6, 6.07) is 0. The van der Waals surface area contributed by atoms with E-state index in [2.05, 4.69) is 10.1 Å². The molecule has 0 fully saturated rings. The lowest BCUT2D eigenvalue weighted by atomic mass is 10.3. The Bertz CT molecular complexity index is 370. The Morgan fingerprint density at radius 1 is 1.42 bits per heavy atom. The van der Waals surface area contributed by atoms with Crippen molar-refractivity contribution in [2.24, 2.45) is 5.73 Å². The molecule has 0 saturated carbocycles. The SMILES string of the molecule is Cl.NCc1cnn2ccncc12. The maximum Gasteiger partial charge on any atom is 0.0889 e. The molecule has 0 aromatic carbocycles. The topological polar surface area (TPSA) is 56.2 Å². The van der Waals surface area contributed by atoms with Crippen LogP contribution in [0.2, 0.25) is 0 Å². The van der Waals surface area contributed by atoms with Gasteiger partial charge in [0.15, 0.2) is 0 Å². The van der Waals surface area contributed by atoms with Crippen molar-refractivity contribution in [1.29, 1.82) is 0 Å². The molecule has 2 aromatic rings. The van der Waals surface area contributed by atoms with Crippen molar-refractivity contribution in [3.63, 3.8) is 0 Å². The Balaban J connectivity index is 0.000000720. The number of nitrogens with two attached hydrogens (primary N) is 1. The number of fused-ring (bicyclic) bond motifs is 1. The zero-order chi connectivity index (χ0) is 7.68. The second-order valence-electron chi connectivity index (χ2n) is 2.28. The number of hydrogen-bond donors (Lipinski definition) is 1. The Morgan fingerprint density at radius 3 is 3.00 bits per heavy atom. The van der Waals surface area contributed by atoms with Crippen LogP contribution in [0.25, 0.3) is 5.52 Å². The summed E-state index contributed by atoms with van der Waals surface area (Å²) in [5.41, 5.74) is 7.49. The van der Waals surface area contributed by atoms with Crippen LogP contribution in [-0.4, -0.2) is 14.6 Å². The first-order valence-corrected chi connectivity index (χ1v) is 3.38. The second-order valence-corrected chi connectivity index (χ2v) is 2.28. The average molecular weight is 185 g/mol. The van der Waals surface area contributed by atoms with Crippen LogP contribution < -0.4 is 5.73 Å². The first kappa shape index (κ1) is 8.96. The van der Waals surface area contributed by atoms with E-state index in [-0.39, 0.29) is 12.4 Å². The molecule has 0 saturated heterocycles. The zero-order valence-electron chi connectivity index (χ0n) is 6.34. The van der Waals surface area contributed by atoms with E-state index in [4.69, 9.17) is 5.73 Å². The standard InChI is InChI=1S/C7H8N4.ClH/c8-3-6-4-10-11-2-1-9-5-7(6)11;/h1-2,4-5H,3,8H2;1H. The summed E-state index contributed by atoms with van der Waals surface area (Å²) in [7, 11) is 0. The molecule has 0 amide bonds. The molecule has 5 heteroatoms. The van der Waals surface area contributed by atoms with Crippen LogP contribution in [0.1, 0.15) is 5.56 Å². The summed E-state index contributed by atoms with van der Waals surface area (Å²) in [6.45, 7) is 0.509. The number of nitrogens with zero attached hydrogens (tertiary/aromatic N) is 3. The highest BCUT2D eigenvalue weighted by Crippen LogP contribution is 2.06. The van der Waals surface area contributed by atoms with Gasteiger partial charge in [-0.2, -0.15) is 5.10 Å². The van der Waals surface area contributed by atoms with Crippen LogP contribution in [0.5, 0.6) is 0 Å². The summed E-state index contributed by atoms with van der Waals surface area (Å²) in [6.07, 6.45) is 7.01. The molecule has 0 spiro atoms. The fourth-order valence-corrected chi connectivity index (χ4v) is 1.04. The van der Waals surface area contributed by atoms with Crippen molar-refractivity contribution in [3.8, 4) is 0 Å². The lowest BCUT2D eigenvalue weighted by Gasteiger charge is -1.91. The van der Waals surface area contributed by atoms with Gasteiger partial charge in [0.2, 0.25) is 0 Å². The molecule has 0 atom stereocenters. The molecule has 4 nitrogen and oxygen atoms in total. The van der Waals surface area contributed by atoms with E-state index in [1.54, 1.807) is 29.3 Å². The molecule has 0 radical (unpaired) electrons. The van der Waals surface area contributed by atoms with Gasteiger partial charge in [0.05, 0.1) is 17.9 Å². The van der Waals surface area contributed by atoms with Crippen molar-refractivity contribution >= 4 is 17.9 Å². The zero-order valence-corrected chi connectivity index (χ0v) is 7.16. The van der Waals surface area contributed by atoms with E-state index in [0.29, 0.717) is 6.54 Å². The van der Waals surface area contributed by atoms with Crippen molar-refractivity contribution in [2.45, 2.75) is 6.54 Å². The molecule has 0 aliphatic heterocycles. The highest BCUT2D eigenvalue weighted by atomic mass is 35.5. The van der Waals surface area contributed by atoms with Gasteiger partial charge in [0.25, 0.3) is 0 Å². The highest BCUT2D eigenvalue weighted by molar-refractivity contribution is 5.85. The molecule has 2 N–H and O–H groups in total. The Labute approximate surface area is 75.8 Å². The van der Waals surface area contributed by atoms with E-state index in [9.17, 15) is 0 Å². The minimum atomic E-state index is 0. The normalized spacial score (nSPS) is 9.75. The molecular weight excluding hydrogens is 176 g/mol. The largest absolute Gasteiger partial charge is 0.326 e. The van der Waals surface area contributed by atoms with E-state index >= 15 is 0 Å². The van der Waals surface area contributed by atoms with Crippen molar-refractivity contribution in [1.82, 2.24) is 14.6 Å². The van der Waals surface area contributed by atoms with Crippen molar-refractivity contribution in [2.75, 3.05) is 0 Å². The number of rotatable bonds is 1. The van der Waals surface area contributed by atoms with E-state index in [1.165, 1.54) is 0 Å². The minimum Gasteiger partial charge on any atom is -0.326 e. The lowest BCUT2D eigenvalue weighted by Crippen LogP contribution is -1.95. The van der Waals surface area contributed by atoms with Crippen LogP contribution in [-0.2, 0) is 6.54 Å². The van der Waals surface area contributed by atoms with Gasteiger partial charge in [-0.05, 0) is 0 Å². The third-order valence-corrected chi connectivity index (χ3v) is 1.62. The summed E-state index contributed by atoms with van der Waals surface area (Å²) in [4.78, 5) is 3.98. The smallest absolute Gasteiger partial charge is 0.0889 e. The molecule has 12 heavy (non-hydrogen) atoms. The lowest BCUT2D eigenvalue weighted by molar-refractivity contribution is 0.946. The first-order chi connectivity index (χ1) is 5.42. The van der Waals surface area contributed by atoms with E-state index in [1.807, 2.05) is 0 Å². The summed E-state index contributed by atoms with van der Waals surface area (Å²) >= 11 is 0. The van der Waals surface area contributed by atoms with Crippen LogP contribution in [0.15, 0.2) is 24.8 Å². The van der Waals surface area contributed by atoms with Gasteiger partial charge in [-0.15, -0.1) is 12.4 Å². The summed E-state index contributed by atoms with van der Waals surface area (Å²) in [5, 5.41) is 4.09. The van der Waals surface area contributed by atoms with Crippen LogP contribution in [0.3, 0.4) is 0 Å². The quantitative estimate of drug-likeness (QED) is 0.707. The van der Waals surface area contributed by atoms with E-state index < -0.39 is 0 Å². The minimum absolute atomic E-state index is 0. The maximum absolute atomic E-state index is 5.48. The first-order valence-electron chi connectivity index (χ1n) is 3.38. The van der Waals surface area contributed by atoms with Crippen LogP contribution in [0.4, 0.5) is 0 Å². The predicted octanol–water partition coefficient (Wildman–Crippen LogP) is 0.610. The Morgan fingerprint density at radius 2 is 2.25 bits per heavy atom. The maximum atomic E-state index is 5.48. The van der Waals surface area contributed by atoms with Gasteiger partial charge in [-0.1, -0.05) is 0 Å². The third kappa shape index (κ3) is 1.26. The molecule has 2 heterocycles. The van der Waals surface area contributed by atoms with Gasteiger partial charge in [-0.25, -0.2) is 4.52 Å². The molecule has 0 aliphatic carbocycles. The van der Waals surface area contributed by atoms with Crippen molar-refractivity contribution < 1.29 is 0 Å². The van der Waals surface area contributed by atoms with Gasteiger partial charge < -0.3 is 5.73 Å². The van der Waals surface area contributed by atoms with Crippen molar-refractivity contribution in [3.05, 3.63) is 30.4 Å². The molecule has 0 bridgehead atoms. The number of aromatic nitrogens is 3. The second kappa shape index (κ2) is 3.51. The fourth-order valence-electron chi connectivity index (χ4n) is 1.04. The summed E-state index contributed by atoms with van der Waals surface area (Å²) in [5.74, 6) is 0. The fraction of sp³-hybridized carbons (Fsp3) is 0.143. The Hall–Kier alpha value is -1.13. The molecule has 64 valence electrons. The average Bonchev–Trinajstić information content (AvgIpc) is 2.47. The number of hydrogen-bond acceptors (Lipinski definition) is 3. The van der Waals surface area contributed by atoms with E-state index in [0.717, 1.165) is 11.1 Å². The van der Waals surface area contributed by atoms with Gasteiger partial charge in [-0.3, -0.25) is 4.98 Å². The van der Waals surface area contributed by atoms with Crippen LogP contribution >= 0.6 is 12.4 Å². The molecule has 0 aliphatic rings. The van der Waals surface area contributed by atoms with Gasteiger partial charge in [0.1, 0.15) is 0 Å². The van der Waals surface area contributed by atoms with Gasteiger partial charge in [0, 0.05) is 24.5 Å². The number of halogens is 1. The molecule has 2 rings (SSSR count). The highest BCUT2D eigenvalue weighted by Gasteiger charge is 1.99. The van der Waals surface area contributed by atoms with Crippen LogP contribution in [0, 0.1) is 0 Å². The third-order valence-electron chi connectivity index (χ3n) is 1.62. The molecule has 0 unspecified atom stereocenters. The summed E-state index contributed by atoms with van der Waals surface area (Å²) < 4.78 is 1.76. The predicted molar refractivity (Wildman–Crippen MR) is 48.1 cm³/mol. The monoisotopic (exact) mass is 184 g/mol.